The highest BCUT2D eigenvalue weighted by Gasteiger charge is 2.39. The first-order chi connectivity index (χ1) is 21.0. The Morgan fingerprint density at radius 3 is 2.39 bits per heavy atom. The van der Waals surface area contributed by atoms with Crippen LogP contribution < -0.4 is 20.4 Å². The van der Waals surface area contributed by atoms with E-state index in [-0.39, 0.29) is 35.8 Å². The predicted octanol–water partition coefficient (Wildman–Crippen LogP) is 3.28. The van der Waals surface area contributed by atoms with E-state index in [2.05, 4.69) is 26.7 Å². The molecule has 1 aromatic carbocycles. The van der Waals surface area contributed by atoms with E-state index in [1.54, 1.807) is 21.9 Å². The van der Waals surface area contributed by atoms with Crippen LogP contribution in [-0.4, -0.2) is 71.6 Å². The van der Waals surface area contributed by atoms with Crippen LogP contribution in [0.2, 0.25) is 0 Å². The number of rotatable bonds is 12. The van der Waals surface area contributed by atoms with Crippen LogP contribution in [0.3, 0.4) is 0 Å². The van der Waals surface area contributed by atoms with Crippen molar-refractivity contribution in [1.29, 1.82) is 5.26 Å². The number of piperidine rings is 1. The smallest absolute Gasteiger partial charge is 0.451 e. The molecule has 0 bridgehead atoms. The Morgan fingerprint density at radius 1 is 1.02 bits per heavy atom. The van der Waals surface area contributed by atoms with Crippen molar-refractivity contribution in [3.63, 3.8) is 0 Å². The summed E-state index contributed by atoms with van der Waals surface area (Å²) in [4.78, 5) is 46.5. The van der Waals surface area contributed by atoms with E-state index in [9.17, 15) is 27.6 Å². The number of anilines is 2. The number of alkyl halides is 3. The minimum atomic E-state index is -4.76. The van der Waals surface area contributed by atoms with Crippen molar-refractivity contribution in [1.82, 2.24) is 20.6 Å². The van der Waals surface area contributed by atoms with Gasteiger partial charge >= 0.3 is 12.1 Å². The highest BCUT2D eigenvalue weighted by molar-refractivity contribution is 5.85. The second-order valence-corrected chi connectivity index (χ2v) is 11.1. The Balaban J connectivity index is 1.36. The van der Waals surface area contributed by atoms with E-state index in [1.165, 1.54) is 6.07 Å². The Labute approximate surface area is 253 Å². The highest BCUT2D eigenvalue weighted by atomic mass is 19.4. The molecule has 2 aliphatic rings. The third-order valence-corrected chi connectivity index (χ3v) is 7.99. The average Bonchev–Trinajstić information content (AvgIpc) is 3.50. The van der Waals surface area contributed by atoms with Crippen LogP contribution in [0, 0.1) is 17.2 Å². The van der Waals surface area contributed by atoms with Crippen molar-refractivity contribution in [3.8, 4) is 6.07 Å². The molecule has 2 aliphatic heterocycles. The van der Waals surface area contributed by atoms with Gasteiger partial charge < -0.3 is 25.5 Å². The summed E-state index contributed by atoms with van der Waals surface area (Å²) in [5.41, 5.74) is 1.50. The lowest BCUT2D eigenvalue weighted by Gasteiger charge is -2.34. The van der Waals surface area contributed by atoms with E-state index in [0.29, 0.717) is 70.3 Å². The fourth-order valence-corrected chi connectivity index (χ4v) is 5.63. The summed E-state index contributed by atoms with van der Waals surface area (Å²) < 4.78 is 41.6. The lowest BCUT2D eigenvalue weighted by Crippen LogP contribution is -2.44. The van der Waals surface area contributed by atoms with Gasteiger partial charge in [-0.15, -0.1) is 0 Å². The minimum Gasteiger partial charge on any atom is -0.480 e. The SMILES string of the molecule is N#Cc1ccc(CCNC(=O)[C@@H]2CCCN2c2cc(N3CCC(CCCC(=O)NCC(=O)O)CC3)nc(C(F)(F)F)n2)cc1. The largest absolute Gasteiger partial charge is 0.480 e. The summed E-state index contributed by atoms with van der Waals surface area (Å²) in [5, 5.41) is 22.8. The molecule has 236 valence electrons. The molecule has 11 nitrogen and oxygen atoms in total. The van der Waals surface area contributed by atoms with Gasteiger partial charge in [0.1, 0.15) is 24.2 Å². The first-order valence-corrected chi connectivity index (χ1v) is 14.8. The van der Waals surface area contributed by atoms with Crippen LogP contribution in [-0.2, 0) is 27.0 Å². The predicted molar refractivity (Wildman–Crippen MR) is 155 cm³/mol. The summed E-state index contributed by atoms with van der Waals surface area (Å²) in [5.74, 6) is -2.42. The van der Waals surface area contributed by atoms with Crippen LogP contribution in [0.5, 0.6) is 0 Å². The summed E-state index contributed by atoms with van der Waals surface area (Å²) in [6.07, 6.45) is -0.0899. The molecule has 3 heterocycles. The number of benzene rings is 1. The van der Waals surface area contributed by atoms with Gasteiger partial charge in [0.15, 0.2) is 0 Å². The number of nitriles is 1. The fraction of sp³-hybridized carbons (Fsp3) is 0.533. The minimum absolute atomic E-state index is 0.0709. The molecule has 0 unspecified atom stereocenters. The van der Waals surface area contributed by atoms with Gasteiger partial charge in [-0.05, 0) is 68.6 Å². The van der Waals surface area contributed by atoms with Gasteiger partial charge in [0.2, 0.25) is 17.6 Å². The molecular weight excluding hydrogens is 579 g/mol. The number of carboxylic acid groups (broad SMARTS) is 1. The van der Waals surface area contributed by atoms with Gasteiger partial charge in [-0.2, -0.15) is 18.4 Å². The number of carbonyl (C=O) groups excluding carboxylic acids is 2. The van der Waals surface area contributed by atoms with E-state index in [4.69, 9.17) is 10.4 Å². The average molecular weight is 616 g/mol. The zero-order chi connectivity index (χ0) is 31.7. The Bertz CT molecular complexity index is 1360. The zero-order valence-corrected chi connectivity index (χ0v) is 24.3. The Kier molecular flexibility index (Phi) is 11.0. The highest BCUT2D eigenvalue weighted by Crippen LogP contribution is 2.34. The van der Waals surface area contributed by atoms with Crippen molar-refractivity contribution < 1.29 is 32.7 Å². The molecule has 44 heavy (non-hydrogen) atoms. The monoisotopic (exact) mass is 615 g/mol. The van der Waals surface area contributed by atoms with Crippen LogP contribution in [0.1, 0.15) is 61.9 Å². The zero-order valence-electron chi connectivity index (χ0n) is 24.3. The maximum absolute atomic E-state index is 13.9. The Morgan fingerprint density at radius 2 is 1.73 bits per heavy atom. The molecule has 2 fully saturated rings. The summed E-state index contributed by atoms with van der Waals surface area (Å²) >= 11 is 0. The summed E-state index contributed by atoms with van der Waals surface area (Å²) in [7, 11) is 0. The molecule has 1 atom stereocenters. The van der Waals surface area contributed by atoms with Crippen molar-refractivity contribution in [2.45, 2.75) is 63.6 Å². The second-order valence-electron chi connectivity index (χ2n) is 11.1. The van der Waals surface area contributed by atoms with Crippen LogP contribution >= 0.6 is 0 Å². The van der Waals surface area contributed by atoms with Gasteiger partial charge in [-0.1, -0.05) is 12.1 Å². The molecule has 0 spiro atoms. The van der Waals surface area contributed by atoms with Gasteiger partial charge in [0.25, 0.3) is 0 Å². The Hall–Kier alpha value is -4.41. The van der Waals surface area contributed by atoms with Crippen molar-refractivity contribution >= 4 is 29.4 Å². The number of amides is 2. The normalized spacial score (nSPS) is 17.3. The summed E-state index contributed by atoms with van der Waals surface area (Å²) in [6, 6.07) is 9.98. The molecule has 0 saturated carbocycles. The van der Waals surface area contributed by atoms with Gasteiger partial charge in [-0.3, -0.25) is 14.4 Å². The van der Waals surface area contributed by atoms with Crippen molar-refractivity contribution in [3.05, 3.63) is 47.3 Å². The third kappa shape index (κ3) is 9.05. The first-order valence-electron chi connectivity index (χ1n) is 14.8. The van der Waals surface area contributed by atoms with E-state index in [0.717, 1.165) is 12.0 Å². The number of halogens is 3. The molecular formula is C30H36F3N7O4. The molecule has 0 aliphatic carbocycles. The standard InChI is InChI=1S/C30H36F3N7O4/c31-30(32,33)29-37-24(39-15-11-20(12-16-39)3-1-5-26(41)36-19-27(42)43)17-25(38-29)40-14-2-4-23(40)28(44)35-13-10-21-6-8-22(18-34)9-7-21/h6-9,17,20,23H,1-5,10-16,19H2,(H,35,44)(H,36,41)(H,42,43)/t23-/m0/s1. The number of hydrogen-bond acceptors (Lipinski definition) is 8. The van der Waals surface area contributed by atoms with Crippen molar-refractivity contribution in [2.75, 3.05) is 42.5 Å². The number of aliphatic carboxylic acids is 1. The number of carbonyl (C=O) groups is 3. The lowest BCUT2D eigenvalue weighted by atomic mass is 9.91. The number of aromatic nitrogens is 2. The first kappa shape index (κ1) is 32.5. The van der Waals surface area contributed by atoms with Crippen LogP contribution in [0.25, 0.3) is 0 Å². The lowest BCUT2D eigenvalue weighted by molar-refractivity contribution is -0.144. The van der Waals surface area contributed by atoms with E-state index >= 15 is 0 Å². The molecule has 2 amide bonds. The topological polar surface area (TPSA) is 152 Å². The van der Waals surface area contributed by atoms with Crippen LogP contribution in [0.15, 0.2) is 30.3 Å². The molecule has 4 rings (SSSR count). The number of nitrogens with zero attached hydrogens (tertiary/aromatic N) is 5. The quantitative estimate of drug-likeness (QED) is 0.327. The van der Waals surface area contributed by atoms with Gasteiger partial charge in [0, 0.05) is 38.7 Å². The number of carboxylic acids is 1. The van der Waals surface area contributed by atoms with Gasteiger partial charge in [-0.25, -0.2) is 9.97 Å². The molecule has 1 aromatic heterocycles. The van der Waals surface area contributed by atoms with Gasteiger partial charge in [0.05, 0.1) is 11.6 Å². The van der Waals surface area contributed by atoms with Crippen molar-refractivity contribution in [2.24, 2.45) is 5.92 Å². The number of hydrogen-bond donors (Lipinski definition) is 3. The molecule has 2 aromatic rings. The second kappa shape index (κ2) is 14.9. The maximum atomic E-state index is 13.9. The summed E-state index contributed by atoms with van der Waals surface area (Å²) in [6.45, 7) is 1.30. The third-order valence-electron chi connectivity index (χ3n) is 7.99. The van der Waals surface area contributed by atoms with E-state index in [1.807, 2.05) is 12.1 Å². The molecule has 2 saturated heterocycles. The van der Waals surface area contributed by atoms with Crippen LogP contribution in [0.4, 0.5) is 24.8 Å². The molecule has 3 N–H and O–H groups in total. The fourth-order valence-electron chi connectivity index (χ4n) is 5.63. The maximum Gasteiger partial charge on any atom is 0.451 e. The van der Waals surface area contributed by atoms with E-state index < -0.39 is 30.6 Å². The molecule has 0 radical (unpaired) electrons. The molecule has 14 heteroatoms. The number of nitrogens with one attached hydrogen (secondary N) is 2.